The van der Waals surface area contributed by atoms with Crippen molar-refractivity contribution in [3.63, 3.8) is 0 Å². The van der Waals surface area contributed by atoms with Gasteiger partial charge in [-0.15, -0.1) is 0 Å². The molecule has 0 aliphatic carbocycles. The minimum Gasteiger partial charge on any atom is -0.478 e. The Morgan fingerprint density at radius 2 is 2.26 bits per heavy atom. The van der Waals surface area contributed by atoms with Crippen LogP contribution in [0.25, 0.3) is 0 Å². The molecule has 2 rings (SSSR count). The number of hydrogen-bond acceptors (Lipinski definition) is 3. The molecule has 4 nitrogen and oxygen atoms in total. The molecule has 2 atom stereocenters. The van der Waals surface area contributed by atoms with E-state index >= 15 is 0 Å². The molecular formula is C14H18ClNO3. The van der Waals surface area contributed by atoms with Crippen LogP contribution in [0.5, 0.6) is 0 Å². The number of carbonyl (C=O) groups is 1. The van der Waals surface area contributed by atoms with E-state index in [-0.39, 0.29) is 11.7 Å². The zero-order valence-electron chi connectivity index (χ0n) is 11.1. The molecule has 2 unspecified atom stereocenters. The van der Waals surface area contributed by atoms with Crippen LogP contribution < -0.4 is 0 Å². The van der Waals surface area contributed by atoms with Crippen molar-refractivity contribution in [2.45, 2.75) is 32.5 Å². The molecule has 1 aliphatic rings. The number of hydrogen-bond donors (Lipinski definition) is 1. The monoisotopic (exact) mass is 283 g/mol. The highest BCUT2D eigenvalue weighted by atomic mass is 35.5. The lowest BCUT2D eigenvalue weighted by molar-refractivity contribution is -0.0526. The fraction of sp³-hybridized carbons (Fsp3) is 0.500. The third kappa shape index (κ3) is 3.47. The smallest absolute Gasteiger partial charge is 0.335 e. The van der Waals surface area contributed by atoms with Crippen LogP contribution in [0.1, 0.15) is 29.8 Å². The van der Waals surface area contributed by atoms with E-state index < -0.39 is 5.97 Å². The van der Waals surface area contributed by atoms with Crippen LogP contribution in [0.2, 0.25) is 5.02 Å². The fourth-order valence-corrected chi connectivity index (χ4v) is 2.46. The van der Waals surface area contributed by atoms with Gasteiger partial charge in [0.1, 0.15) is 0 Å². The summed E-state index contributed by atoms with van der Waals surface area (Å²) in [7, 11) is 0. The predicted octanol–water partition coefficient (Wildman–Crippen LogP) is 2.65. The van der Waals surface area contributed by atoms with E-state index in [0.717, 1.165) is 12.1 Å². The van der Waals surface area contributed by atoms with Gasteiger partial charge in [-0.1, -0.05) is 17.7 Å². The van der Waals surface area contributed by atoms with Crippen molar-refractivity contribution in [1.82, 2.24) is 4.90 Å². The maximum atomic E-state index is 10.9. The Morgan fingerprint density at radius 1 is 1.53 bits per heavy atom. The largest absolute Gasteiger partial charge is 0.478 e. The molecule has 1 N–H and O–H groups in total. The van der Waals surface area contributed by atoms with Crippen molar-refractivity contribution in [2.24, 2.45) is 0 Å². The highest BCUT2D eigenvalue weighted by molar-refractivity contribution is 6.31. The van der Waals surface area contributed by atoms with Crippen molar-refractivity contribution in [1.29, 1.82) is 0 Å². The minimum absolute atomic E-state index is 0.216. The highest BCUT2D eigenvalue weighted by Gasteiger charge is 2.24. The van der Waals surface area contributed by atoms with E-state index in [9.17, 15) is 4.79 Å². The second-order valence-corrected chi connectivity index (χ2v) is 5.44. The van der Waals surface area contributed by atoms with Crippen LogP contribution >= 0.6 is 11.6 Å². The number of nitrogens with zero attached hydrogens (tertiary/aromatic N) is 1. The molecule has 1 heterocycles. The molecule has 0 radical (unpaired) electrons. The molecule has 19 heavy (non-hydrogen) atoms. The number of morpholine rings is 1. The summed E-state index contributed by atoms with van der Waals surface area (Å²) in [6, 6.07) is 5.23. The second-order valence-electron chi connectivity index (χ2n) is 5.03. The number of carboxylic acid groups (broad SMARTS) is 1. The Hall–Kier alpha value is -1.10. The number of ether oxygens (including phenoxy) is 1. The van der Waals surface area contributed by atoms with E-state index in [1.54, 1.807) is 12.1 Å². The zero-order chi connectivity index (χ0) is 14.0. The topological polar surface area (TPSA) is 49.8 Å². The highest BCUT2D eigenvalue weighted by Crippen LogP contribution is 2.22. The zero-order valence-corrected chi connectivity index (χ0v) is 11.9. The summed E-state index contributed by atoms with van der Waals surface area (Å²) in [4.78, 5) is 13.2. The van der Waals surface area contributed by atoms with E-state index in [4.69, 9.17) is 21.4 Å². The molecular weight excluding hydrogens is 266 g/mol. The summed E-state index contributed by atoms with van der Waals surface area (Å²) in [6.07, 6.45) is 0.216. The SMILES string of the molecule is CC1CN(Cc2ccc(C(=O)O)cc2Cl)C(C)CO1. The lowest BCUT2D eigenvalue weighted by atomic mass is 10.1. The lowest BCUT2D eigenvalue weighted by Gasteiger charge is -2.36. The summed E-state index contributed by atoms with van der Waals surface area (Å²) in [5.41, 5.74) is 1.17. The van der Waals surface area contributed by atoms with Gasteiger partial charge in [0, 0.05) is 24.2 Å². The Labute approximate surface area is 117 Å². The number of halogens is 1. The van der Waals surface area contributed by atoms with Gasteiger partial charge in [-0.25, -0.2) is 4.79 Å². The molecule has 104 valence electrons. The lowest BCUT2D eigenvalue weighted by Crippen LogP contribution is -2.46. The molecule has 1 aliphatic heterocycles. The summed E-state index contributed by atoms with van der Waals surface area (Å²) >= 11 is 6.16. The van der Waals surface area contributed by atoms with Crippen LogP contribution in [0.15, 0.2) is 18.2 Å². The Morgan fingerprint density at radius 3 is 2.89 bits per heavy atom. The van der Waals surface area contributed by atoms with E-state index in [2.05, 4.69) is 11.8 Å². The normalized spacial score (nSPS) is 24.4. The quantitative estimate of drug-likeness (QED) is 0.926. The van der Waals surface area contributed by atoms with Gasteiger partial charge >= 0.3 is 5.97 Å². The molecule has 5 heteroatoms. The van der Waals surface area contributed by atoms with Crippen molar-refractivity contribution >= 4 is 17.6 Å². The van der Waals surface area contributed by atoms with Crippen LogP contribution in [-0.2, 0) is 11.3 Å². The van der Waals surface area contributed by atoms with Gasteiger partial charge in [0.15, 0.2) is 0 Å². The first-order valence-corrected chi connectivity index (χ1v) is 6.72. The number of aromatic carboxylic acids is 1. The van der Waals surface area contributed by atoms with Crippen molar-refractivity contribution in [3.8, 4) is 0 Å². The van der Waals surface area contributed by atoms with E-state index in [1.165, 1.54) is 6.07 Å². The third-order valence-corrected chi connectivity index (χ3v) is 3.76. The predicted molar refractivity (Wildman–Crippen MR) is 73.7 cm³/mol. The molecule has 0 aromatic heterocycles. The van der Waals surface area contributed by atoms with Gasteiger partial charge in [-0.05, 0) is 31.5 Å². The minimum atomic E-state index is -0.957. The first-order valence-electron chi connectivity index (χ1n) is 6.34. The molecule has 1 aromatic carbocycles. The summed E-state index contributed by atoms with van der Waals surface area (Å²) in [5, 5.41) is 9.42. The average Bonchev–Trinajstić information content (AvgIpc) is 2.36. The molecule has 0 spiro atoms. The van der Waals surface area contributed by atoms with E-state index in [1.807, 2.05) is 6.92 Å². The molecule has 0 amide bonds. The first-order chi connectivity index (χ1) is 8.97. The van der Waals surface area contributed by atoms with Gasteiger partial charge in [0.05, 0.1) is 18.3 Å². The standard InChI is InChI=1S/C14H18ClNO3/c1-9-8-19-10(2)6-16(9)7-12-4-3-11(14(17)18)5-13(12)15/h3-5,9-10H,6-8H2,1-2H3,(H,17,18). The maximum absolute atomic E-state index is 10.9. The number of carboxylic acids is 1. The number of benzene rings is 1. The van der Waals surface area contributed by atoms with Gasteiger partial charge in [-0.2, -0.15) is 0 Å². The average molecular weight is 284 g/mol. The second kappa shape index (κ2) is 5.90. The fourth-order valence-electron chi connectivity index (χ4n) is 2.22. The Bertz CT molecular complexity index is 478. The van der Waals surface area contributed by atoms with Crippen LogP contribution in [0.3, 0.4) is 0 Å². The van der Waals surface area contributed by atoms with E-state index in [0.29, 0.717) is 24.2 Å². The van der Waals surface area contributed by atoms with Gasteiger partial charge in [0.25, 0.3) is 0 Å². The van der Waals surface area contributed by atoms with Crippen LogP contribution in [0.4, 0.5) is 0 Å². The first kappa shape index (κ1) is 14.3. The Kier molecular flexibility index (Phi) is 4.45. The molecule has 1 aromatic rings. The van der Waals surface area contributed by atoms with Crippen LogP contribution in [-0.4, -0.2) is 41.3 Å². The van der Waals surface area contributed by atoms with Gasteiger partial charge in [0.2, 0.25) is 0 Å². The van der Waals surface area contributed by atoms with Gasteiger partial charge < -0.3 is 9.84 Å². The molecule has 1 fully saturated rings. The molecule has 1 saturated heterocycles. The molecule has 0 bridgehead atoms. The van der Waals surface area contributed by atoms with Crippen molar-refractivity contribution in [2.75, 3.05) is 13.2 Å². The summed E-state index contributed by atoms with van der Waals surface area (Å²) < 4.78 is 5.59. The summed E-state index contributed by atoms with van der Waals surface area (Å²) in [6.45, 7) is 6.46. The summed E-state index contributed by atoms with van der Waals surface area (Å²) in [5.74, 6) is -0.957. The van der Waals surface area contributed by atoms with Crippen LogP contribution in [0, 0.1) is 0 Å². The molecule has 0 saturated carbocycles. The van der Waals surface area contributed by atoms with Crippen molar-refractivity contribution < 1.29 is 14.6 Å². The van der Waals surface area contributed by atoms with Crippen molar-refractivity contribution in [3.05, 3.63) is 34.3 Å². The number of rotatable bonds is 3. The maximum Gasteiger partial charge on any atom is 0.335 e. The Balaban J connectivity index is 2.12. The third-order valence-electron chi connectivity index (χ3n) is 3.41. The van der Waals surface area contributed by atoms with Gasteiger partial charge in [-0.3, -0.25) is 4.90 Å².